The maximum absolute atomic E-state index is 13.0. The molecule has 2 aromatic rings. The van der Waals surface area contributed by atoms with Gasteiger partial charge in [-0.15, -0.1) is 12.4 Å². The van der Waals surface area contributed by atoms with Gasteiger partial charge in [0.15, 0.2) is 6.61 Å². The topological polar surface area (TPSA) is 80.5 Å². The monoisotopic (exact) mass is 406 g/mol. The van der Waals surface area contributed by atoms with E-state index in [1.54, 1.807) is 6.92 Å². The summed E-state index contributed by atoms with van der Waals surface area (Å²) in [4.78, 5) is 19.0. The first-order valence-electron chi connectivity index (χ1n) is 9.72. The smallest absolute Gasteiger partial charge is 0.257 e. The zero-order valence-corrected chi connectivity index (χ0v) is 16.9. The van der Waals surface area contributed by atoms with Crippen molar-refractivity contribution >= 4 is 18.3 Å². The van der Waals surface area contributed by atoms with Crippen LogP contribution < -0.4 is 10.1 Å². The predicted octanol–water partition coefficient (Wildman–Crippen LogP) is 2.98. The van der Waals surface area contributed by atoms with E-state index in [9.17, 15) is 4.79 Å². The molecular formula is C20H27ClN4O3. The van der Waals surface area contributed by atoms with E-state index in [1.165, 1.54) is 12.8 Å². The molecular weight excluding hydrogens is 380 g/mol. The number of nitrogens with zero attached hydrogens (tertiary/aromatic N) is 3. The quantitative estimate of drug-likeness (QED) is 0.761. The van der Waals surface area contributed by atoms with E-state index in [-0.39, 0.29) is 24.9 Å². The van der Waals surface area contributed by atoms with Gasteiger partial charge in [-0.1, -0.05) is 17.3 Å². The van der Waals surface area contributed by atoms with Crippen molar-refractivity contribution in [3.05, 3.63) is 41.5 Å². The molecule has 8 heteroatoms. The Bertz CT molecular complexity index is 785. The summed E-state index contributed by atoms with van der Waals surface area (Å²) in [5.74, 6) is 2.43. The number of aromatic nitrogens is 2. The molecule has 0 spiro atoms. The van der Waals surface area contributed by atoms with Gasteiger partial charge in [0.1, 0.15) is 5.75 Å². The van der Waals surface area contributed by atoms with Crippen LogP contribution in [0.2, 0.25) is 0 Å². The highest BCUT2D eigenvalue weighted by Gasteiger charge is 2.27. The van der Waals surface area contributed by atoms with E-state index in [0.717, 1.165) is 38.4 Å². The molecule has 2 heterocycles. The lowest BCUT2D eigenvalue weighted by Crippen LogP contribution is -2.45. The maximum atomic E-state index is 13.0. The minimum absolute atomic E-state index is 0. The van der Waals surface area contributed by atoms with Crippen molar-refractivity contribution in [2.45, 2.75) is 45.3 Å². The van der Waals surface area contributed by atoms with Crippen molar-refractivity contribution in [3.8, 4) is 5.75 Å². The van der Waals surface area contributed by atoms with Gasteiger partial charge in [-0.25, -0.2) is 0 Å². The molecule has 1 saturated carbocycles. The maximum Gasteiger partial charge on any atom is 0.257 e. The molecule has 1 aliphatic carbocycles. The number of carbonyl (C=O) groups is 1. The van der Waals surface area contributed by atoms with Crippen molar-refractivity contribution in [2.24, 2.45) is 5.92 Å². The number of aryl methyl sites for hydroxylation is 1. The average Bonchev–Trinajstić information content (AvgIpc) is 3.44. The second kappa shape index (κ2) is 9.39. The predicted molar refractivity (Wildman–Crippen MR) is 107 cm³/mol. The van der Waals surface area contributed by atoms with Crippen molar-refractivity contribution in [2.75, 3.05) is 19.6 Å². The summed E-state index contributed by atoms with van der Waals surface area (Å²) in [7, 11) is 0. The number of likely N-dealkylation sites (tertiary alicyclic amines) is 1. The second-order valence-electron chi connectivity index (χ2n) is 7.43. The number of para-hydroxylation sites is 1. The van der Waals surface area contributed by atoms with Gasteiger partial charge < -0.3 is 19.5 Å². The Morgan fingerprint density at radius 2 is 2.00 bits per heavy atom. The molecule has 1 N–H and O–H groups in total. The fourth-order valence-corrected chi connectivity index (χ4v) is 3.42. The molecule has 0 radical (unpaired) electrons. The van der Waals surface area contributed by atoms with Crippen molar-refractivity contribution < 1.29 is 14.1 Å². The van der Waals surface area contributed by atoms with Gasteiger partial charge in [-0.3, -0.25) is 4.79 Å². The summed E-state index contributed by atoms with van der Waals surface area (Å²) in [6.07, 6.45) is 4.74. The van der Waals surface area contributed by atoms with Gasteiger partial charge in [0.25, 0.3) is 5.91 Å². The van der Waals surface area contributed by atoms with Crippen LogP contribution in [0.3, 0.4) is 0 Å². The summed E-state index contributed by atoms with van der Waals surface area (Å²) < 4.78 is 10.7. The number of nitrogens with one attached hydrogen (secondary N) is 1. The minimum Gasteiger partial charge on any atom is -0.485 e. The SMILES string of the molecule is Cc1nc(COc2ccccc2C(=O)N2CCC(NCC3CC3)CC2)no1.Cl. The first-order chi connectivity index (χ1) is 13.2. The molecule has 152 valence electrons. The summed E-state index contributed by atoms with van der Waals surface area (Å²) in [5.41, 5.74) is 0.585. The lowest BCUT2D eigenvalue weighted by Gasteiger charge is -2.33. The molecule has 1 aromatic carbocycles. The molecule has 0 unspecified atom stereocenters. The largest absolute Gasteiger partial charge is 0.485 e. The lowest BCUT2D eigenvalue weighted by molar-refractivity contribution is 0.0700. The van der Waals surface area contributed by atoms with E-state index >= 15 is 0 Å². The van der Waals surface area contributed by atoms with Gasteiger partial charge in [0, 0.05) is 26.1 Å². The Morgan fingerprint density at radius 1 is 1.25 bits per heavy atom. The summed E-state index contributed by atoms with van der Waals surface area (Å²) >= 11 is 0. The normalized spacial score (nSPS) is 17.2. The minimum atomic E-state index is 0. The number of ether oxygens (including phenoxy) is 1. The second-order valence-corrected chi connectivity index (χ2v) is 7.43. The van der Waals surface area contributed by atoms with E-state index in [0.29, 0.717) is 29.1 Å². The van der Waals surface area contributed by atoms with Gasteiger partial charge in [0.2, 0.25) is 11.7 Å². The van der Waals surface area contributed by atoms with E-state index in [1.807, 2.05) is 29.2 Å². The van der Waals surface area contributed by atoms with Crippen LogP contribution >= 0.6 is 12.4 Å². The molecule has 4 rings (SSSR count). The zero-order valence-electron chi connectivity index (χ0n) is 16.1. The highest BCUT2D eigenvalue weighted by atomic mass is 35.5. The third-order valence-corrected chi connectivity index (χ3v) is 5.22. The Hall–Kier alpha value is -2.12. The van der Waals surface area contributed by atoms with Crippen LogP contribution in [0.25, 0.3) is 0 Å². The fourth-order valence-electron chi connectivity index (χ4n) is 3.42. The van der Waals surface area contributed by atoms with Gasteiger partial charge in [0.05, 0.1) is 5.56 Å². The Kier molecular flexibility index (Phi) is 6.91. The van der Waals surface area contributed by atoms with Crippen LogP contribution in [0, 0.1) is 12.8 Å². The number of benzene rings is 1. The van der Waals surface area contributed by atoms with E-state index in [2.05, 4.69) is 15.5 Å². The number of rotatable bonds is 7. The fraction of sp³-hybridized carbons (Fsp3) is 0.550. The van der Waals surface area contributed by atoms with E-state index in [4.69, 9.17) is 9.26 Å². The van der Waals surface area contributed by atoms with Crippen LogP contribution in [-0.2, 0) is 6.61 Å². The van der Waals surface area contributed by atoms with Crippen LogP contribution in [0.4, 0.5) is 0 Å². The van der Waals surface area contributed by atoms with E-state index < -0.39 is 0 Å². The summed E-state index contributed by atoms with van der Waals surface area (Å²) in [5, 5.41) is 7.47. The average molecular weight is 407 g/mol. The van der Waals surface area contributed by atoms with Crippen LogP contribution in [0.1, 0.15) is 47.8 Å². The molecule has 0 bridgehead atoms. The number of carbonyl (C=O) groups excluding carboxylic acids is 1. The third kappa shape index (κ3) is 5.23. The van der Waals surface area contributed by atoms with Gasteiger partial charge in [-0.2, -0.15) is 4.98 Å². The van der Waals surface area contributed by atoms with Crippen LogP contribution in [0.5, 0.6) is 5.75 Å². The molecule has 1 aliphatic heterocycles. The molecule has 1 saturated heterocycles. The first-order valence-corrected chi connectivity index (χ1v) is 9.72. The standard InChI is InChI=1S/C20H26N4O3.ClH/c1-14-22-19(23-27-14)13-26-18-5-3-2-4-17(18)20(25)24-10-8-16(9-11-24)21-12-15-6-7-15;/h2-5,15-16,21H,6-13H2,1H3;1H. The number of amides is 1. The number of piperidine rings is 1. The molecule has 2 fully saturated rings. The zero-order chi connectivity index (χ0) is 18.6. The third-order valence-electron chi connectivity index (χ3n) is 5.22. The van der Waals surface area contributed by atoms with Crippen molar-refractivity contribution in [3.63, 3.8) is 0 Å². The Morgan fingerprint density at radius 3 is 2.68 bits per heavy atom. The highest BCUT2D eigenvalue weighted by Crippen LogP contribution is 2.28. The van der Waals surface area contributed by atoms with Gasteiger partial charge >= 0.3 is 0 Å². The Labute approximate surface area is 171 Å². The Balaban J connectivity index is 0.00000225. The number of hydrogen-bond donors (Lipinski definition) is 1. The molecule has 2 aliphatic rings. The van der Waals surface area contributed by atoms with Crippen LogP contribution in [0.15, 0.2) is 28.8 Å². The first kappa shape index (κ1) is 20.6. The van der Waals surface area contributed by atoms with Crippen molar-refractivity contribution in [1.29, 1.82) is 0 Å². The summed E-state index contributed by atoms with van der Waals surface area (Å²) in [6, 6.07) is 7.88. The molecule has 1 amide bonds. The number of halogens is 1. The van der Waals surface area contributed by atoms with Gasteiger partial charge in [-0.05, 0) is 50.3 Å². The summed E-state index contributed by atoms with van der Waals surface area (Å²) in [6.45, 7) is 4.59. The molecule has 28 heavy (non-hydrogen) atoms. The van der Waals surface area contributed by atoms with Crippen molar-refractivity contribution in [1.82, 2.24) is 20.4 Å². The highest BCUT2D eigenvalue weighted by molar-refractivity contribution is 5.97. The molecule has 7 nitrogen and oxygen atoms in total. The molecule has 1 aromatic heterocycles. The molecule has 0 atom stereocenters. The number of hydrogen-bond acceptors (Lipinski definition) is 6. The lowest BCUT2D eigenvalue weighted by atomic mass is 10.0. The van der Waals surface area contributed by atoms with Crippen LogP contribution in [-0.4, -0.2) is 46.6 Å².